The molecule has 3 atom stereocenters. The van der Waals surface area contributed by atoms with Crippen LogP contribution in [0, 0.1) is 0 Å². The molecule has 2 aliphatic rings. The fourth-order valence-corrected chi connectivity index (χ4v) is 3.25. The average Bonchev–Trinajstić information content (AvgIpc) is 2.16. The van der Waals surface area contributed by atoms with E-state index < -0.39 is 0 Å². The molecule has 0 aromatic rings. The average molecular weight is 328 g/mol. The molecule has 0 aromatic heterocycles. The van der Waals surface area contributed by atoms with Crippen LogP contribution in [0.15, 0.2) is 0 Å². The van der Waals surface area contributed by atoms with Crippen molar-refractivity contribution < 1.29 is 4.74 Å². The summed E-state index contributed by atoms with van der Waals surface area (Å²) in [6.07, 6.45) is 2.19. The van der Waals surface area contributed by atoms with Gasteiger partial charge in [-0.05, 0) is 13.2 Å². The third-order valence-electron chi connectivity index (χ3n) is 3.06. The van der Waals surface area contributed by atoms with Crippen molar-refractivity contribution in [3.63, 3.8) is 0 Å². The van der Waals surface area contributed by atoms with Gasteiger partial charge >= 0.3 is 0 Å². The summed E-state index contributed by atoms with van der Waals surface area (Å²) < 4.78 is 8.05. The number of nitrogens with zero attached hydrogens (tertiary/aromatic N) is 2. The van der Waals surface area contributed by atoms with Gasteiger partial charge in [-0.3, -0.25) is 4.90 Å². The summed E-state index contributed by atoms with van der Waals surface area (Å²) in [5.41, 5.74) is 0. The van der Waals surface area contributed by atoms with E-state index in [0.29, 0.717) is 17.5 Å². The number of hydrogen-bond donors (Lipinski definition) is 0. The SMILES string of the molecule is CSC(C)N1CC2COCC(C1)N2I. The lowest BCUT2D eigenvalue weighted by Gasteiger charge is -2.48. The van der Waals surface area contributed by atoms with E-state index in [1.807, 2.05) is 11.8 Å². The molecule has 2 heterocycles. The van der Waals surface area contributed by atoms with Crippen LogP contribution in [-0.2, 0) is 4.74 Å². The molecule has 0 N–H and O–H groups in total. The molecule has 2 bridgehead atoms. The molecule has 2 fully saturated rings. The highest BCUT2D eigenvalue weighted by atomic mass is 127. The summed E-state index contributed by atoms with van der Waals surface area (Å²) in [5, 5.41) is 0.642. The number of piperazine rings is 1. The first kappa shape index (κ1) is 11.4. The predicted molar refractivity (Wildman–Crippen MR) is 68.8 cm³/mol. The summed E-state index contributed by atoms with van der Waals surface area (Å²) in [6, 6.07) is 1.19. The van der Waals surface area contributed by atoms with Gasteiger partial charge in [-0.15, -0.1) is 11.8 Å². The van der Waals surface area contributed by atoms with Gasteiger partial charge in [0.05, 0.1) is 30.7 Å². The lowest BCUT2D eigenvalue weighted by molar-refractivity contribution is -0.0458. The molecule has 5 heteroatoms. The second-order valence-electron chi connectivity index (χ2n) is 3.98. The first-order chi connectivity index (χ1) is 6.72. The van der Waals surface area contributed by atoms with Crippen LogP contribution in [-0.4, -0.2) is 58.0 Å². The fourth-order valence-electron chi connectivity index (χ4n) is 2.10. The third kappa shape index (κ3) is 2.21. The molecule has 0 amide bonds. The van der Waals surface area contributed by atoms with Gasteiger partial charge in [-0.2, -0.15) is 0 Å². The summed E-state index contributed by atoms with van der Waals surface area (Å²) in [4.78, 5) is 2.58. The Bertz CT molecular complexity index is 193. The monoisotopic (exact) mass is 328 g/mol. The molecule has 82 valence electrons. The zero-order valence-corrected chi connectivity index (χ0v) is 11.6. The standard InChI is InChI=1S/C9H17IN2OS/c1-7(14-2)11-3-8-5-13-6-9(4-11)12(8)10/h7-9H,3-6H2,1-2H3. The molecule has 2 rings (SSSR count). The number of rotatable bonds is 2. The second kappa shape index (κ2) is 4.86. The maximum Gasteiger partial charge on any atom is 0.0643 e. The van der Waals surface area contributed by atoms with Crippen molar-refractivity contribution >= 4 is 34.6 Å². The Morgan fingerprint density at radius 3 is 2.43 bits per heavy atom. The van der Waals surface area contributed by atoms with E-state index in [1.54, 1.807) is 0 Å². The molecule has 2 aliphatic heterocycles. The Kier molecular flexibility index (Phi) is 3.98. The number of ether oxygens (including phenoxy) is 1. The number of morpholine rings is 1. The number of thioether (sulfide) groups is 1. The molecule has 2 saturated heterocycles. The van der Waals surface area contributed by atoms with E-state index in [4.69, 9.17) is 4.74 Å². The molecule has 0 aromatic carbocycles. The van der Waals surface area contributed by atoms with E-state index in [1.165, 1.54) is 0 Å². The molecule has 0 radical (unpaired) electrons. The van der Waals surface area contributed by atoms with Gasteiger partial charge in [0.25, 0.3) is 0 Å². The second-order valence-corrected chi connectivity index (χ2v) is 6.25. The molecule has 0 saturated carbocycles. The van der Waals surface area contributed by atoms with Crippen molar-refractivity contribution in [2.45, 2.75) is 24.4 Å². The number of fused-ring (bicyclic) bond motifs is 2. The highest BCUT2D eigenvalue weighted by Gasteiger charge is 2.37. The molecule has 0 aliphatic carbocycles. The first-order valence-electron chi connectivity index (χ1n) is 5.01. The summed E-state index contributed by atoms with van der Waals surface area (Å²) in [6.45, 7) is 6.40. The Hall–Kier alpha value is 0.960. The minimum Gasteiger partial charge on any atom is -0.378 e. The Morgan fingerprint density at radius 2 is 1.93 bits per heavy atom. The predicted octanol–water partition coefficient (Wildman–Crippen LogP) is 1.43. The summed E-state index contributed by atoms with van der Waals surface area (Å²) >= 11 is 4.40. The maximum absolute atomic E-state index is 5.59. The van der Waals surface area contributed by atoms with Crippen LogP contribution < -0.4 is 0 Å². The Balaban J connectivity index is 2.00. The van der Waals surface area contributed by atoms with E-state index in [2.05, 4.69) is 44.1 Å². The van der Waals surface area contributed by atoms with E-state index >= 15 is 0 Å². The minimum absolute atomic E-state index is 0.595. The van der Waals surface area contributed by atoms with Gasteiger partial charge in [-0.1, -0.05) is 0 Å². The lowest BCUT2D eigenvalue weighted by atomic mass is 10.1. The molecule has 0 spiro atoms. The quantitative estimate of drug-likeness (QED) is 0.563. The highest BCUT2D eigenvalue weighted by molar-refractivity contribution is 14.1. The van der Waals surface area contributed by atoms with Gasteiger partial charge < -0.3 is 4.74 Å². The lowest BCUT2D eigenvalue weighted by Crippen LogP contribution is -2.62. The van der Waals surface area contributed by atoms with Gasteiger partial charge in [0, 0.05) is 36.0 Å². The van der Waals surface area contributed by atoms with Crippen molar-refractivity contribution in [3.8, 4) is 0 Å². The van der Waals surface area contributed by atoms with Crippen LogP contribution in [0.2, 0.25) is 0 Å². The first-order valence-corrected chi connectivity index (χ1v) is 7.26. The maximum atomic E-state index is 5.59. The van der Waals surface area contributed by atoms with Crippen LogP contribution in [0.1, 0.15) is 6.92 Å². The fraction of sp³-hybridized carbons (Fsp3) is 1.00. The molecule has 3 unspecified atom stereocenters. The topological polar surface area (TPSA) is 15.7 Å². The largest absolute Gasteiger partial charge is 0.378 e. The van der Waals surface area contributed by atoms with Crippen molar-refractivity contribution in [1.82, 2.24) is 8.01 Å². The zero-order valence-electron chi connectivity index (χ0n) is 8.65. The molecular weight excluding hydrogens is 311 g/mol. The zero-order chi connectivity index (χ0) is 10.1. The third-order valence-corrected chi connectivity index (χ3v) is 5.62. The molecule has 3 nitrogen and oxygen atoms in total. The minimum atomic E-state index is 0.595. The summed E-state index contributed by atoms with van der Waals surface area (Å²) in [5.74, 6) is 0. The van der Waals surface area contributed by atoms with E-state index in [-0.39, 0.29) is 0 Å². The summed E-state index contributed by atoms with van der Waals surface area (Å²) in [7, 11) is 0. The Morgan fingerprint density at radius 1 is 1.36 bits per heavy atom. The van der Waals surface area contributed by atoms with Crippen molar-refractivity contribution in [1.29, 1.82) is 0 Å². The van der Waals surface area contributed by atoms with Crippen LogP contribution in [0.3, 0.4) is 0 Å². The van der Waals surface area contributed by atoms with Crippen molar-refractivity contribution in [3.05, 3.63) is 0 Å². The number of hydrogen-bond acceptors (Lipinski definition) is 4. The van der Waals surface area contributed by atoms with Crippen LogP contribution in [0.4, 0.5) is 0 Å². The van der Waals surface area contributed by atoms with E-state index in [9.17, 15) is 0 Å². The van der Waals surface area contributed by atoms with Crippen LogP contribution in [0.25, 0.3) is 0 Å². The molecule has 14 heavy (non-hydrogen) atoms. The smallest absolute Gasteiger partial charge is 0.0643 e. The Labute approximate surface area is 104 Å². The van der Waals surface area contributed by atoms with Crippen molar-refractivity contribution in [2.75, 3.05) is 32.6 Å². The van der Waals surface area contributed by atoms with Crippen LogP contribution in [0.5, 0.6) is 0 Å². The normalized spacial score (nSPS) is 37.1. The van der Waals surface area contributed by atoms with Gasteiger partial charge in [-0.25, -0.2) is 3.11 Å². The highest BCUT2D eigenvalue weighted by Crippen LogP contribution is 2.27. The number of halogens is 1. The van der Waals surface area contributed by atoms with Crippen LogP contribution >= 0.6 is 34.6 Å². The van der Waals surface area contributed by atoms with Gasteiger partial charge in [0.1, 0.15) is 0 Å². The van der Waals surface area contributed by atoms with Crippen molar-refractivity contribution in [2.24, 2.45) is 0 Å². The van der Waals surface area contributed by atoms with E-state index in [0.717, 1.165) is 26.3 Å². The van der Waals surface area contributed by atoms with Gasteiger partial charge in [0.2, 0.25) is 0 Å². The molecular formula is C9H17IN2OS. The van der Waals surface area contributed by atoms with Gasteiger partial charge in [0.15, 0.2) is 0 Å².